The Morgan fingerprint density at radius 3 is 2.67 bits per heavy atom. The van der Waals surface area contributed by atoms with Crippen LogP contribution in [-0.4, -0.2) is 12.1 Å². The Kier molecular flexibility index (Phi) is 4.75. The van der Waals surface area contributed by atoms with Crippen LogP contribution in [0.4, 0.5) is 0 Å². The van der Waals surface area contributed by atoms with Crippen molar-refractivity contribution in [2.24, 2.45) is 5.73 Å². The predicted octanol–water partition coefficient (Wildman–Crippen LogP) is 2.31. The van der Waals surface area contributed by atoms with Crippen molar-refractivity contribution >= 4 is 0 Å². The normalized spacial score (nSPS) is 10.0. The number of pyridine rings is 1. The molecule has 0 saturated carbocycles. The molecule has 1 aromatic carbocycles. The lowest BCUT2D eigenvalue weighted by Gasteiger charge is -2.11. The fourth-order valence-electron chi connectivity index (χ4n) is 1.97. The van der Waals surface area contributed by atoms with E-state index in [4.69, 9.17) is 20.5 Å². The summed E-state index contributed by atoms with van der Waals surface area (Å²) in [6.07, 6.45) is 0. The largest absolute Gasteiger partial charge is 0.495 e. The number of hydrogen-bond acceptors (Lipinski definition) is 5. The van der Waals surface area contributed by atoms with Gasteiger partial charge in [-0.1, -0.05) is 6.07 Å². The zero-order chi connectivity index (χ0) is 15.2. The Bertz CT molecular complexity index is 678. The molecular formula is C16H17N3O2. The first-order valence-corrected chi connectivity index (χ1v) is 6.54. The second kappa shape index (κ2) is 6.73. The van der Waals surface area contributed by atoms with Crippen molar-refractivity contribution in [3.05, 3.63) is 52.8 Å². The summed E-state index contributed by atoms with van der Waals surface area (Å²) in [5.74, 6) is 1.22. The highest BCUT2D eigenvalue weighted by Gasteiger charge is 2.07. The Morgan fingerprint density at radius 2 is 2.00 bits per heavy atom. The first-order chi connectivity index (χ1) is 10.2. The molecule has 0 aliphatic heterocycles. The van der Waals surface area contributed by atoms with E-state index in [1.165, 1.54) is 7.11 Å². The van der Waals surface area contributed by atoms with Crippen LogP contribution in [0.1, 0.15) is 22.5 Å². The van der Waals surface area contributed by atoms with Crippen LogP contribution in [-0.2, 0) is 13.2 Å². The van der Waals surface area contributed by atoms with E-state index in [9.17, 15) is 0 Å². The molecule has 2 aromatic rings. The lowest BCUT2D eigenvalue weighted by atomic mass is 10.1. The number of benzene rings is 1. The molecule has 1 heterocycles. The van der Waals surface area contributed by atoms with E-state index in [-0.39, 0.29) is 0 Å². The third-order valence-electron chi connectivity index (χ3n) is 3.04. The van der Waals surface area contributed by atoms with Gasteiger partial charge in [-0.2, -0.15) is 5.26 Å². The minimum atomic E-state index is 0.322. The predicted molar refractivity (Wildman–Crippen MR) is 78.9 cm³/mol. The number of rotatable bonds is 5. The van der Waals surface area contributed by atoms with Gasteiger partial charge >= 0.3 is 0 Å². The summed E-state index contributed by atoms with van der Waals surface area (Å²) in [5, 5.41) is 9.07. The molecule has 0 unspecified atom stereocenters. The molecule has 2 N–H and O–H groups in total. The van der Waals surface area contributed by atoms with Crippen LogP contribution in [0, 0.1) is 18.3 Å². The summed E-state index contributed by atoms with van der Waals surface area (Å²) >= 11 is 0. The minimum absolute atomic E-state index is 0.322. The van der Waals surface area contributed by atoms with Crippen molar-refractivity contribution in [2.45, 2.75) is 20.1 Å². The first kappa shape index (κ1) is 14.8. The second-order valence-corrected chi connectivity index (χ2v) is 4.54. The second-order valence-electron chi connectivity index (χ2n) is 4.54. The van der Waals surface area contributed by atoms with Gasteiger partial charge in [0, 0.05) is 12.2 Å². The van der Waals surface area contributed by atoms with Crippen LogP contribution < -0.4 is 15.2 Å². The third kappa shape index (κ3) is 3.50. The van der Waals surface area contributed by atoms with Crippen molar-refractivity contribution in [1.29, 1.82) is 5.26 Å². The summed E-state index contributed by atoms with van der Waals surface area (Å²) in [4.78, 5) is 4.34. The van der Waals surface area contributed by atoms with Crippen molar-refractivity contribution in [3.63, 3.8) is 0 Å². The molecule has 108 valence electrons. The molecule has 0 aliphatic carbocycles. The molecule has 0 saturated heterocycles. The fourth-order valence-corrected chi connectivity index (χ4v) is 1.97. The first-order valence-electron chi connectivity index (χ1n) is 6.54. The van der Waals surface area contributed by atoms with Gasteiger partial charge in [0.25, 0.3) is 0 Å². The lowest BCUT2D eigenvalue weighted by Crippen LogP contribution is -2.06. The molecule has 5 heteroatoms. The number of ether oxygens (including phenoxy) is 2. The van der Waals surface area contributed by atoms with E-state index < -0.39 is 0 Å². The number of hydrogen-bond donors (Lipinski definition) is 1. The Labute approximate surface area is 123 Å². The highest BCUT2D eigenvalue weighted by molar-refractivity contribution is 5.45. The topological polar surface area (TPSA) is 81.2 Å². The molecule has 0 atom stereocenters. The van der Waals surface area contributed by atoms with Crippen LogP contribution >= 0.6 is 0 Å². The maximum atomic E-state index is 9.07. The number of nitriles is 1. The summed E-state index contributed by atoms with van der Waals surface area (Å²) < 4.78 is 10.9. The molecule has 0 aliphatic rings. The van der Waals surface area contributed by atoms with Crippen LogP contribution in [0.15, 0.2) is 30.3 Å². The summed E-state index contributed by atoms with van der Waals surface area (Å²) in [6.45, 7) is 2.57. The van der Waals surface area contributed by atoms with Gasteiger partial charge in [-0.25, -0.2) is 0 Å². The Hall–Kier alpha value is -2.58. The van der Waals surface area contributed by atoms with Crippen LogP contribution in [0.5, 0.6) is 11.5 Å². The molecule has 0 spiro atoms. The molecule has 0 radical (unpaired) electrons. The summed E-state index contributed by atoms with van der Waals surface area (Å²) in [5.41, 5.74) is 8.67. The standard InChI is InChI=1S/C16H17N3O2/c1-11-3-5-16(14(9-18)19-11)21-10-12-4-6-15(20-2)13(7-12)8-17/h3-7H,9-10,18H2,1-2H3. The van der Waals surface area contributed by atoms with Crippen LogP contribution in [0.3, 0.4) is 0 Å². The van der Waals surface area contributed by atoms with Gasteiger partial charge in [0.2, 0.25) is 0 Å². The molecule has 21 heavy (non-hydrogen) atoms. The Balaban J connectivity index is 2.15. The van der Waals surface area contributed by atoms with Gasteiger partial charge in [0.05, 0.1) is 18.4 Å². The van der Waals surface area contributed by atoms with E-state index in [1.54, 1.807) is 12.1 Å². The monoisotopic (exact) mass is 283 g/mol. The number of methoxy groups -OCH3 is 1. The van der Waals surface area contributed by atoms with E-state index in [1.807, 2.05) is 25.1 Å². The van der Waals surface area contributed by atoms with Gasteiger partial charge in [0.1, 0.15) is 24.2 Å². The van der Waals surface area contributed by atoms with E-state index in [2.05, 4.69) is 11.1 Å². The molecule has 0 amide bonds. The van der Waals surface area contributed by atoms with Crippen molar-refractivity contribution < 1.29 is 9.47 Å². The van der Waals surface area contributed by atoms with Gasteiger partial charge in [-0.15, -0.1) is 0 Å². The van der Waals surface area contributed by atoms with Crippen molar-refractivity contribution in [1.82, 2.24) is 4.98 Å². The van der Waals surface area contributed by atoms with Crippen molar-refractivity contribution in [3.8, 4) is 17.6 Å². The molecule has 0 fully saturated rings. The highest BCUT2D eigenvalue weighted by atomic mass is 16.5. The third-order valence-corrected chi connectivity index (χ3v) is 3.04. The average molecular weight is 283 g/mol. The van der Waals surface area contributed by atoms with Crippen molar-refractivity contribution in [2.75, 3.05) is 7.11 Å². The fraction of sp³-hybridized carbons (Fsp3) is 0.250. The molecular weight excluding hydrogens is 266 g/mol. The maximum Gasteiger partial charge on any atom is 0.142 e. The zero-order valence-electron chi connectivity index (χ0n) is 12.1. The van der Waals surface area contributed by atoms with E-state index >= 15 is 0 Å². The van der Waals surface area contributed by atoms with E-state index in [0.717, 1.165) is 17.0 Å². The number of nitrogens with zero attached hydrogens (tertiary/aromatic N) is 2. The average Bonchev–Trinajstić information content (AvgIpc) is 2.53. The zero-order valence-corrected chi connectivity index (χ0v) is 12.1. The highest BCUT2D eigenvalue weighted by Crippen LogP contribution is 2.21. The van der Waals surface area contributed by atoms with Crippen LogP contribution in [0.2, 0.25) is 0 Å². The van der Waals surface area contributed by atoms with Gasteiger partial charge in [-0.05, 0) is 36.8 Å². The summed E-state index contributed by atoms with van der Waals surface area (Å²) in [6, 6.07) is 11.2. The lowest BCUT2D eigenvalue weighted by molar-refractivity contribution is 0.301. The maximum absolute atomic E-state index is 9.07. The number of nitrogens with two attached hydrogens (primary N) is 1. The summed E-state index contributed by atoms with van der Waals surface area (Å²) in [7, 11) is 1.54. The molecule has 1 aromatic heterocycles. The number of aromatic nitrogens is 1. The van der Waals surface area contributed by atoms with Gasteiger partial charge < -0.3 is 15.2 Å². The van der Waals surface area contributed by atoms with E-state index in [0.29, 0.717) is 30.2 Å². The Morgan fingerprint density at radius 1 is 1.24 bits per heavy atom. The quantitative estimate of drug-likeness (QED) is 0.910. The van der Waals surface area contributed by atoms with Gasteiger partial charge in [0.15, 0.2) is 0 Å². The van der Waals surface area contributed by atoms with Crippen LogP contribution in [0.25, 0.3) is 0 Å². The molecule has 2 rings (SSSR count). The molecule has 5 nitrogen and oxygen atoms in total. The molecule has 0 bridgehead atoms. The van der Waals surface area contributed by atoms with Gasteiger partial charge in [-0.3, -0.25) is 4.98 Å². The number of aryl methyl sites for hydroxylation is 1. The minimum Gasteiger partial charge on any atom is -0.495 e. The smallest absolute Gasteiger partial charge is 0.142 e. The SMILES string of the molecule is COc1ccc(COc2ccc(C)nc2CN)cc1C#N.